The van der Waals surface area contributed by atoms with Crippen LogP contribution in [0.5, 0.6) is 0 Å². The number of benzene rings is 3. The molecule has 1 aliphatic heterocycles. The van der Waals surface area contributed by atoms with Crippen molar-refractivity contribution >= 4 is 23.0 Å². The Bertz CT molecular complexity index is 1510. The topological polar surface area (TPSA) is 58.9 Å². The number of hydrogen-bond acceptors (Lipinski definition) is 4. The monoisotopic (exact) mass is 544 g/mol. The van der Waals surface area contributed by atoms with Crippen LogP contribution in [-0.4, -0.2) is 23.0 Å². The van der Waals surface area contributed by atoms with Crippen LogP contribution in [0.15, 0.2) is 82.0 Å². The molecule has 0 radical (unpaired) electrons. The molecular weight excluding hydrogens is 504 g/mol. The van der Waals surface area contributed by atoms with E-state index in [0.29, 0.717) is 22.5 Å². The molecule has 1 aliphatic carbocycles. The summed E-state index contributed by atoms with van der Waals surface area (Å²) in [7, 11) is 0. The van der Waals surface area contributed by atoms with Gasteiger partial charge in [-0.25, -0.2) is 9.98 Å². The summed E-state index contributed by atoms with van der Waals surface area (Å²) in [6.45, 7) is 17.6. The molecule has 0 bridgehead atoms. The van der Waals surface area contributed by atoms with Crippen molar-refractivity contribution in [1.82, 2.24) is 0 Å². The zero-order valence-corrected chi connectivity index (χ0v) is 25.5. The molecule has 2 aliphatic rings. The lowest BCUT2D eigenvalue weighted by Crippen LogP contribution is -2.22. The van der Waals surface area contributed by atoms with Crippen LogP contribution >= 0.6 is 0 Å². The van der Waals surface area contributed by atoms with Crippen LogP contribution < -0.4 is 0 Å². The minimum absolute atomic E-state index is 0.00443. The molecule has 0 N–H and O–H groups in total. The maximum atomic E-state index is 13.8. The van der Waals surface area contributed by atoms with Gasteiger partial charge in [0.15, 0.2) is 17.4 Å². The van der Waals surface area contributed by atoms with E-state index < -0.39 is 0 Å². The van der Waals surface area contributed by atoms with Crippen LogP contribution in [0, 0.1) is 0 Å². The van der Waals surface area contributed by atoms with Gasteiger partial charge in [-0.05, 0) is 45.9 Å². The van der Waals surface area contributed by atoms with E-state index >= 15 is 0 Å². The van der Waals surface area contributed by atoms with Gasteiger partial charge >= 0.3 is 0 Å². The highest BCUT2D eigenvalue weighted by Gasteiger charge is 2.35. The Morgan fingerprint density at radius 2 is 0.927 bits per heavy atom. The lowest BCUT2D eigenvalue weighted by Gasteiger charge is -2.24. The van der Waals surface area contributed by atoms with E-state index in [1.807, 2.05) is 0 Å². The van der Waals surface area contributed by atoms with E-state index in [1.54, 1.807) is 24.3 Å². The Balaban J connectivity index is 1.88. The first-order valence-corrected chi connectivity index (χ1v) is 14.8. The van der Waals surface area contributed by atoms with Gasteiger partial charge in [0.05, 0.1) is 17.0 Å². The van der Waals surface area contributed by atoms with E-state index in [0.717, 1.165) is 22.6 Å². The number of ketones is 2. The summed E-state index contributed by atoms with van der Waals surface area (Å²) >= 11 is 0. The second-order valence-corrected chi connectivity index (χ2v) is 12.4. The molecule has 0 saturated heterocycles. The number of rotatable bonds is 6. The number of hydrogen-bond donors (Lipinski definition) is 0. The van der Waals surface area contributed by atoms with Gasteiger partial charge in [-0.2, -0.15) is 0 Å². The van der Waals surface area contributed by atoms with Gasteiger partial charge in [0.1, 0.15) is 0 Å². The minimum atomic E-state index is -0.161. The SMILES string of the molecule is CC(C)c1cccc(C(C)C)c1C1=NC(=C2CC(=O)c3ccccc3C2=O)N=C1c1c(C(C)C)cccc1C(C)C. The summed E-state index contributed by atoms with van der Waals surface area (Å²) in [6.07, 6.45) is 0.00443. The van der Waals surface area contributed by atoms with Crippen LogP contribution in [0.4, 0.5) is 0 Å². The normalized spacial score (nSPS) is 15.4. The number of fused-ring (bicyclic) bond motifs is 1. The lowest BCUT2D eigenvalue weighted by atomic mass is 9.80. The fraction of sp³-hybridized carbons (Fsp3) is 0.351. The van der Waals surface area contributed by atoms with Crippen molar-refractivity contribution in [3.8, 4) is 0 Å². The third kappa shape index (κ3) is 5.05. The summed E-state index contributed by atoms with van der Waals surface area (Å²) in [5.41, 5.74) is 9.90. The Morgan fingerprint density at radius 3 is 1.32 bits per heavy atom. The molecule has 0 spiro atoms. The highest BCUT2D eigenvalue weighted by Crippen LogP contribution is 2.38. The molecule has 5 rings (SSSR count). The molecule has 0 unspecified atom stereocenters. The van der Waals surface area contributed by atoms with E-state index in [1.165, 1.54) is 22.3 Å². The second kappa shape index (κ2) is 11.2. The van der Waals surface area contributed by atoms with Crippen molar-refractivity contribution < 1.29 is 9.59 Å². The lowest BCUT2D eigenvalue weighted by molar-refractivity contribution is 0.0934. The summed E-state index contributed by atoms with van der Waals surface area (Å²) in [6, 6.07) is 20.0. The van der Waals surface area contributed by atoms with Crippen molar-refractivity contribution in [2.24, 2.45) is 9.98 Å². The Hall–Kier alpha value is -3.92. The van der Waals surface area contributed by atoms with Gasteiger partial charge in [0, 0.05) is 28.7 Å². The van der Waals surface area contributed by atoms with Gasteiger partial charge in [-0.3, -0.25) is 9.59 Å². The van der Waals surface area contributed by atoms with Crippen molar-refractivity contribution in [2.45, 2.75) is 85.5 Å². The molecule has 3 aromatic rings. The highest BCUT2D eigenvalue weighted by atomic mass is 16.1. The summed E-state index contributed by atoms with van der Waals surface area (Å²) in [5, 5.41) is 0. The van der Waals surface area contributed by atoms with Crippen molar-refractivity contribution in [3.05, 3.63) is 117 Å². The van der Waals surface area contributed by atoms with E-state index in [-0.39, 0.29) is 41.7 Å². The van der Waals surface area contributed by atoms with E-state index in [4.69, 9.17) is 9.98 Å². The quantitative estimate of drug-likeness (QED) is 0.291. The number of allylic oxidation sites excluding steroid dienone is 1. The number of nitrogens with zero attached hydrogens (tertiary/aromatic N) is 2. The maximum Gasteiger partial charge on any atom is 0.193 e. The molecular formula is C37H40N2O2. The Morgan fingerprint density at radius 1 is 0.537 bits per heavy atom. The Kier molecular flexibility index (Phi) is 7.78. The molecule has 41 heavy (non-hydrogen) atoms. The molecule has 0 atom stereocenters. The average molecular weight is 545 g/mol. The first-order valence-electron chi connectivity index (χ1n) is 14.8. The molecule has 0 aromatic heterocycles. The van der Waals surface area contributed by atoms with Crippen LogP contribution in [-0.2, 0) is 0 Å². The van der Waals surface area contributed by atoms with E-state index in [9.17, 15) is 9.59 Å². The maximum absolute atomic E-state index is 13.8. The summed E-state index contributed by atoms with van der Waals surface area (Å²) in [5.74, 6) is 1.19. The van der Waals surface area contributed by atoms with E-state index in [2.05, 4.69) is 91.8 Å². The number of carbonyl (C=O) groups is 2. The minimum Gasteiger partial charge on any atom is -0.294 e. The van der Waals surface area contributed by atoms with Crippen LogP contribution in [0.25, 0.3) is 0 Å². The van der Waals surface area contributed by atoms with Crippen LogP contribution in [0.1, 0.15) is 140 Å². The van der Waals surface area contributed by atoms with Crippen molar-refractivity contribution in [2.75, 3.05) is 0 Å². The number of Topliss-reactive ketones (excluding diaryl/α,β-unsaturated/α-hetero) is 2. The zero-order chi connectivity index (χ0) is 29.6. The molecule has 0 amide bonds. The predicted molar refractivity (Wildman–Crippen MR) is 169 cm³/mol. The van der Waals surface area contributed by atoms with Gasteiger partial charge < -0.3 is 0 Å². The highest BCUT2D eigenvalue weighted by molar-refractivity contribution is 6.56. The molecule has 210 valence electrons. The number of aliphatic imine (C=N–C) groups is 2. The molecule has 4 nitrogen and oxygen atoms in total. The van der Waals surface area contributed by atoms with Crippen molar-refractivity contribution in [1.29, 1.82) is 0 Å². The van der Waals surface area contributed by atoms with Gasteiger partial charge in [0.25, 0.3) is 0 Å². The first kappa shape index (κ1) is 28.6. The predicted octanol–water partition coefficient (Wildman–Crippen LogP) is 9.15. The third-order valence-corrected chi connectivity index (χ3v) is 8.23. The smallest absolute Gasteiger partial charge is 0.193 e. The standard InChI is InChI=1S/C37H40N2O2/c1-20(2)24-15-11-16-25(21(3)4)32(24)34-35(33-26(22(5)6)17-12-18-27(33)23(7)8)39-37(38-34)30-19-31(40)28-13-9-10-14-29(28)36(30)41/h9-18,20-23H,19H2,1-8H3. The molecule has 0 saturated carbocycles. The van der Waals surface area contributed by atoms with Crippen LogP contribution in [0.3, 0.4) is 0 Å². The molecule has 0 fully saturated rings. The first-order chi connectivity index (χ1) is 19.5. The fourth-order valence-corrected chi connectivity index (χ4v) is 6.08. The van der Waals surface area contributed by atoms with Gasteiger partial charge in [-0.15, -0.1) is 0 Å². The molecule has 4 heteroatoms. The van der Waals surface area contributed by atoms with Gasteiger partial charge in [0.2, 0.25) is 0 Å². The second-order valence-electron chi connectivity index (χ2n) is 12.4. The molecule has 1 heterocycles. The van der Waals surface area contributed by atoms with Gasteiger partial charge in [-0.1, -0.05) is 116 Å². The summed E-state index contributed by atoms with van der Waals surface area (Å²) < 4.78 is 0. The zero-order valence-electron chi connectivity index (χ0n) is 25.5. The largest absolute Gasteiger partial charge is 0.294 e. The third-order valence-electron chi connectivity index (χ3n) is 8.23. The van der Waals surface area contributed by atoms with Crippen LogP contribution in [0.2, 0.25) is 0 Å². The summed E-state index contributed by atoms with van der Waals surface area (Å²) in [4.78, 5) is 37.4. The fourth-order valence-electron chi connectivity index (χ4n) is 6.08. The molecule has 3 aromatic carbocycles. The Labute approximate surface area is 244 Å². The average Bonchev–Trinajstić information content (AvgIpc) is 3.38. The van der Waals surface area contributed by atoms with Crippen molar-refractivity contribution in [3.63, 3.8) is 0 Å². The number of carbonyl (C=O) groups excluding carboxylic acids is 2.